The Labute approximate surface area is 154 Å². The molecule has 1 aliphatic heterocycles. The zero-order chi connectivity index (χ0) is 17.6. The van der Waals surface area contributed by atoms with Crippen molar-refractivity contribution in [2.75, 3.05) is 6.54 Å². The van der Waals surface area contributed by atoms with Crippen LogP contribution in [0.2, 0.25) is 5.02 Å². The molecule has 136 valence electrons. The molecule has 0 bridgehead atoms. The van der Waals surface area contributed by atoms with E-state index in [0.29, 0.717) is 18.1 Å². The predicted molar refractivity (Wildman–Crippen MR) is 98.4 cm³/mol. The number of likely N-dealkylation sites (tertiary alicyclic amines) is 1. The normalized spacial score (nSPS) is 21.2. The fourth-order valence-electron chi connectivity index (χ4n) is 3.75. The van der Waals surface area contributed by atoms with Crippen molar-refractivity contribution in [1.29, 1.82) is 0 Å². The minimum absolute atomic E-state index is 0.00213. The third kappa shape index (κ3) is 4.88. The van der Waals surface area contributed by atoms with Gasteiger partial charge in [0.15, 0.2) is 0 Å². The van der Waals surface area contributed by atoms with Crippen molar-refractivity contribution in [3.05, 3.63) is 34.9 Å². The maximum Gasteiger partial charge on any atom is 0.318 e. The lowest BCUT2D eigenvalue weighted by Crippen LogP contribution is -2.51. The van der Waals surface area contributed by atoms with E-state index in [1.807, 2.05) is 18.2 Å². The number of nitrogens with one attached hydrogen (secondary N) is 2. The Hall–Kier alpha value is -1.75. The van der Waals surface area contributed by atoms with Crippen LogP contribution in [0.25, 0.3) is 0 Å². The summed E-state index contributed by atoms with van der Waals surface area (Å²) in [4.78, 5) is 26.8. The van der Waals surface area contributed by atoms with Gasteiger partial charge in [-0.25, -0.2) is 4.79 Å². The number of amides is 3. The molecule has 0 aromatic heterocycles. The van der Waals surface area contributed by atoms with E-state index >= 15 is 0 Å². The van der Waals surface area contributed by atoms with Crippen molar-refractivity contribution in [2.24, 2.45) is 0 Å². The van der Waals surface area contributed by atoms with Gasteiger partial charge in [0.2, 0.25) is 5.91 Å². The number of nitrogens with zero attached hydrogens (tertiary/aromatic N) is 1. The highest BCUT2D eigenvalue weighted by atomic mass is 35.5. The van der Waals surface area contributed by atoms with Crippen LogP contribution in [0.3, 0.4) is 0 Å². The van der Waals surface area contributed by atoms with Crippen molar-refractivity contribution in [3.8, 4) is 0 Å². The number of rotatable bonds is 4. The summed E-state index contributed by atoms with van der Waals surface area (Å²) in [6, 6.07) is 7.17. The number of hydrogen-bond donors (Lipinski definition) is 2. The van der Waals surface area contributed by atoms with Gasteiger partial charge in [-0.2, -0.15) is 0 Å². The summed E-state index contributed by atoms with van der Waals surface area (Å²) in [5.74, 6) is 0.00213. The average Bonchev–Trinajstić information content (AvgIpc) is 3.11. The van der Waals surface area contributed by atoms with Crippen LogP contribution in [-0.2, 0) is 11.3 Å². The van der Waals surface area contributed by atoms with E-state index in [1.165, 1.54) is 19.3 Å². The molecule has 3 amide bonds. The van der Waals surface area contributed by atoms with Crippen molar-refractivity contribution < 1.29 is 9.59 Å². The van der Waals surface area contributed by atoms with Crippen LogP contribution in [-0.4, -0.2) is 35.5 Å². The van der Waals surface area contributed by atoms with Crippen LogP contribution in [0.15, 0.2) is 24.3 Å². The largest absolute Gasteiger partial charge is 0.352 e. The first-order valence-corrected chi connectivity index (χ1v) is 9.60. The first-order chi connectivity index (χ1) is 12.1. The Balaban J connectivity index is 1.53. The second kappa shape index (κ2) is 8.56. The number of hydrogen-bond acceptors (Lipinski definition) is 2. The zero-order valence-electron chi connectivity index (χ0n) is 14.5. The maximum atomic E-state index is 12.6. The number of carbonyl (C=O) groups excluding carboxylic acids is 2. The summed E-state index contributed by atoms with van der Waals surface area (Å²) in [5, 5.41) is 6.70. The molecule has 6 heteroatoms. The lowest BCUT2D eigenvalue weighted by atomic mass is 9.95. The van der Waals surface area contributed by atoms with E-state index < -0.39 is 0 Å². The molecular weight excluding hydrogens is 338 g/mol. The molecule has 1 saturated carbocycles. The molecule has 2 aliphatic rings. The first-order valence-electron chi connectivity index (χ1n) is 9.23. The topological polar surface area (TPSA) is 61.4 Å². The van der Waals surface area contributed by atoms with Crippen molar-refractivity contribution >= 4 is 23.5 Å². The van der Waals surface area contributed by atoms with Crippen LogP contribution in [0.4, 0.5) is 4.79 Å². The maximum absolute atomic E-state index is 12.6. The standard InChI is InChI=1S/C19H26ClN3O2/c20-15-7-4-6-14(12-15)13-21-19(25)23-11-5-10-17(23)18(24)22-16-8-2-1-3-9-16/h4,6-7,12,16-17H,1-3,5,8-11,13H2,(H,21,25)(H,22,24)/t17-/m1/s1. The smallest absolute Gasteiger partial charge is 0.318 e. The van der Waals surface area contributed by atoms with Crippen LogP contribution in [0.1, 0.15) is 50.5 Å². The van der Waals surface area contributed by atoms with E-state index in [9.17, 15) is 9.59 Å². The highest BCUT2D eigenvalue weighted by Crippen LogP contribution is 2.21. The highest BCUT2D eigenvalue weighted by Gasteiger charge is 2.34. The van der Waals surface area contributed by atoms with Gasteiger partial charge in [0.1, 0.15) is 6.04 Å². The molecule has 0 radical (unpaired) electrons. The number of benzene rings is 1. The van der Waals surface area contributed by atoms with Gasteiger partial charge in [0, 0.05) is 24.2 Å². The second-order valence-corrected chi connectivity index (χ2v) is 7.42. The van der Waals surface area contributed by atoms with Gasteiger partial charge in [-0.15, -0.1) is 0 Å². The molecule has 1 atom stereocenters. The van der Waals surface area contributed by atoms with Crippen molar-refractivity contribution in [3.63, 3.8) is 0 Å². The first kappa shape index (κ1) is 18.1. The molecule has 1 heterocycles. The van der Waals surface area contributed by atoms with Gasteiger partial charge in [-0.1, -0.05) is 43.0 Å². The molecule has 0 spiro atoms. The molecule has 2 N–H and O–H groups in total. The van der Waals surface area contributed by atoms with E-state index in [4.69, 9.17) is 11.6 Å². The van der Waals surface area contributed by atoms with Gasteiger partial charge in [0.05, 0.1) is 0 Å². The molecule has 1 aromatic rings. The molecule has 1 aromatic carbocycles. The fraction of sp³-hybridized carbons (Fsp3) is 0.579. The van der Waals surface area contributed by atoms with Crippen molar-refractivity contribution in [2.45, 2.75) is 63.6 Å². The van der Waals surface area contributed by atoms with Crippen LogP contribution >= 0.6 is 11.6 Å². The van der Waals surface area contributed by atoms with E-state index in [0.717, 1.165) is 31.2 Å². The van der Waals surface area contributed by atoms with Gasteiger partial charge in [-0.05, 0) is 43.4 Å². The molecule has 0 unspecified atom stereocenters. The molecule has 3 rings (SSSR count). The Kier molecular flexibility index (Phi) is 6.19. The molecular formula is C19H26ClN3O2. The Morgan fingerprint density at radius 3 is 2.68 bits per heavy atom. The van der Waals surface area contributed by atoms with E-state index in [-0.39, 0.29) is 24.0 Å². The summed E-state index contributed by atoms with van der Waals surface area (Å²) < 4.78 is 0. The SMILES string of the molecule is O=C(NC1CCCCC1)[C@H]1CCCN1C(=O)NCc1cccc(Cl)c1. The number of urea groups is 1. The molecule has 1 saturated heterocycles. The van der Waals surface area contributed by atoms with Crippen LogP contribution < -0.4 is 10.6 Å². The van der Waals surface area contributed by atoms with Gasteiger partial charge >= 0.3 is 6.03 Å². The Bertz CT molecular complexity index is 616. The summed E-state index contributed by atoms with van der Waals surface area (Å²) in [6.45, 7) is 1.04. The lowest BCUT2D eigenvalue weighted by Gasteiger charge is -2.28. The molecule has 1 aliphatic carbocycles. The van der Waals surface area contributed by atoms with Crippen molar-refractivity contribution in [1.82, 2.24) is 15.5 Å². The fourth-order valence-corrected chi connectivity index (χ4v) is 3.97. The minimum Gasteiger partial charge on any atom is -0.352 e. The van der Waals surface area contributed by atoms with Gasteiger partial charge in [-0.3, -0.25) is 4.79 Å². The van der Waals surface area contributed by atoms with Gasteiger partial charge < -0.3 is 15.5 Å². The Morgan fingerprint density at radius 2 is 1.92 bits per heavy atom. The minimum atomic E-state index is -0.346. The predicted octanol–water partition coefficient (Wildman–Crippen LogP) is 3.46. The van der Waals surface area contributed by atoms with E-state index in [1.54, 1.807) is 11.0 Å². The van der Waals surface area contributed by atoms with Gasteiger partial charge in [0.25, 0.3) is 0 Å². The average molecular weight is 364 g/mol. The summed E-state index contributed by atoms with van der Waals surface area (Å²) in [5.41, 5.74) is 0.947. The quantitative estimate of drug-likeness (QED) is 0.860. The van der Waals surface area contributed by atoms with Crippen LogP contribution in [0.5, 0.6) is 0 Å². The highest BCUT2D eigenvalue weighted by molar-refractivity contribution is 6.30. The monoisotopic (exact) mass is 363 g/mol. The summed E-state index contributed by atoms with van der Waals surface area (Å²) in [7, 11) is 0. The second-order valence-electron chi connectivity index (χ2n) is 6.98. The third-order valence-corrected chi connectivity index (χ3v) is 5.34. The zero-order valence-corrected chi connectivity index (χ0v) is 15.2. The summed E-state index contributed by atoms with van der Waals surface area (Å²) in [6.07, 6.45) is 7.34. The molecule has 2 fully saturated rings. The molecule has 25 heavy (non-hydrogen) atoms. The third-order valence-electron chi connectivity index (χ3n) is 5.10. The summed E-state index contributed by atoms with van der Waals surface area (Å²) >= 11 is 5.97. The Morgan fingerprint density at radius 1 is 1.12 bits per heavy atom. The van der Waals surface area contributed by atoms with E-state index in [2.05, 4.69) is 10.6 Å². The number of carbonyl (C=O) groups is 2. The molecule has 5 nitrogen and oxygen atoms in total. The number of halogens is 1. The lowest BCUT2D eigenvalue weighted by molar-refractivity contribution is -0.125. The van der Waals surface area contributed by atoms with Crippen LogP contribution in [0, 0.1) is 0 Å².